The Bertz CT molecular complexity index is 269. The second-order valence-corrected chi connectivity index (χ2v) is 6.30. The van der Waals surface area contributed by atoms with Gasteiger partial charge in [0.05, 0.1) is 0 Å². The Balaban J connectivity index is 0.00000289. The van der Waals surface area contributed by atoms with E-state index < -0.39 is 0 Å². The summed E-state index contributed by atoms with van der Waals surface area (Å²) in [6.07, 6.45) is 3.87. The quantitative estimate of drug-likeness (QED) is 0.858. The van der Waals surface area contributed by atoms with Gasteiger partial charge in [0.15, 0.2) is 0 Å². The molecule has 0 aromatic heterocycles. The standard InChI is InChI=1S/C14H28N2O.ClH/c1-5-14(3,4)9-13(17)16-7-6-11(2)8-12(16)10-15;/h11-12H,5-10,15H2,1-4H3;1H. The first kappa shape index (κ1) is 17.7. The van der Waals surface area contributed by atoms with Gasteiger partial charge in [-0.05, 0) is 24.2 Å². The van der Waals surface area contributed by atoms with Crippen LogP contribution < -0.4 is 5.73 Å². The minimum absolute atomic E-state index is 0. The van der Waals surface area contributed by atoms with Crippen molar-refractivity contribution in [3.05, 3.63) is 0 Å². The van der Waals surface area contributed by atoms with Gasteiger partial charge in [0, 0.05) is 25.6 Å². The molecule has 1 rings (SSSR count). The van der Waals surface area contributed by atoms with E-state index in [9.17, 15) is 4.79 Å². The molecule has 2 N–H and O–H groups in total. The first-order valence-electron chi connectivity index (χ1n) is 6.89. The Morgan fingerprint density at radius 3 is 2.56 bits per heavy atom. The van der Waals surface area contributed by atoms with Crippen molar-refractivity contribution in [1.29, 1.82) is 0 Å². The van der Waals surface area contributed by atoms with Gasteiger partial charge in [0.25, 0.3) is 0 Å². The Hall–Kier alpha value is -0.280. The average molecular weight is 277 g/mol. The summed E-state index contributed by atoms with van der Waals surface area (Å²) < 4.78 is 0. The van der Waals surface area contributed by atoms with Crippen LogP contribution in [0.15, 0.2) is 0 Å². The molecule has 0 aromatic rings. The number of carbonyl (C=O) groups is 1. The maximum atomic E-state index is 12.3. The molecule has 2 atom stereocenters. The third-order valence-electron chi connectivity index (χ3n) is 4.16. The van der Waals surface area contributed by atoms with Gasteiger partial charge in [-0.2, -0.15) is 0 Å². The number of piperidine rings is 1. The summed E-state index contributed by atoms with van der Waals surface area (Å²) in [5.41, 5.74) is 5.91. The molecule has 3 nitrogen and oxygen atoms in total. The van der Waals surface area contributed by atoms with Crippen LogP contribution in [0.5, 0.6) is 0 Å². The van der Waals surface area contributed by atoms with E-state index in [-0.39, 0.29) is 23.9 Å². The molecule has 1 aliphatic rings. The molecule has 1 fully saturated rings. The van der Waals surface area contributed by atoms with E-state index in [1.807, 2.05) is 4.90 Å². The van der Waals surface area contributed by atoms with Crippen LogP contribution in [0.4, 0.5) is 0 Å². The van der Waals surface area contributed by atoms with Crippen LogP contribution in [0.1, 0.15) is 53.4 Å². The predicted octanol–water partition coefficient (Wildman–Crippen LogP) is 2.82. The van der Waals surface area contributed by atoms with Crippen LogP contribution in [-0.2, 0) is 4.79 Å². The molecular formula is C14H29ClN2O. The number of carbonyl (C=O) groups excluding carboxylic acids is 1. The third kappa shape index (κ3) is 4.77. The smallest absolute Gasteiger partial charge is 0.223 e. The molecule has 0 aromatic carbocycles. The number of nitrogens with two attached hydrogens (primary N) is 1. The Labute approximate surface area is 118 Å². The van der Waals surface area contributed by atoms with Crippen molar-refractivity contribution in [2.75, 3.05) is 13.1 Å². The summed E-state index contributed by atoms with van der Waals surface area (Å²) in [6.45, 7) is 10.2. The molecule has 2 unspecified atom stereocenters. The van der Waals surface area contributed by atoms with E-state index in [0.717, 1.165) is 25.8 Å². The van der Waals surface area contributed by atoms with Crippen LogP contribution in [0, 0.1) is 11.3 Å². The van der Waals surface area contributed by atoms with Gasteiger partial charge in [0.2, 0.25) is 5.91 Å². The number of hydrogen-bond donors (Lipinski definition) is 1. The van der Waals surface area contributed by atoms with Gasteiger partial charge < -0.3 is 10.6 Å². The highest BCUT2D eigenvalue weighted by Gasteiger charge is 2.31. The molecule has 108 valence electrons. The summed E-state index contributed by atoms with van der Waals surface area (Å²) in [5.74, 6) is 0.992. The van der Waals surface area contributed by atoms with Crippen LogP contribution in [0.25, 0.3) is 0 Å². The molecular weight excluding hydrogens is 248 g/mol. The normalized spacial score (nSPS) is 24.6. The number of amides is 1. The van der Waals surface area contributed by atoms with Crippen molar-refractivity contribution >= 4 is 18.3 Å². The van der Waals surface area contributed by atoms with E-state index in [0.29, 0.717) is 24.8 Å². The van der Waals surface area contributed by atoms with Gasteiger partial charge >= 0.3 is 0 Å². The first-order valence-corrected chi connectivity index (χ1v) is 6.89. The third-order valence-corrected chi connectivity index (χ3v) is 4.16. The zero-order valence-corrected chi connectivity index (χ0v) is 13.1. The molecule has 0 aliphatic carbocycles. The molecule has 18 heavy (non-hydrogen) atoms. The number of hydrogen-bond acceptors (Lipinski definition) is 2. The van der Waals surface area contributed by atoms with E-state index in [1.165, 1.54) is 0 Å². The van der Waals surface area contributed by atoms with Crippen molar-refractivity contribution in [1.82, 2.24) is 4.90 Å². The zero-order chi connectivity index (χ0) is 13.1. The number of halogens is 1. The predicted molar refractivity (Wildman–Crippen MR) is 78.9 cm³/mol. The highest BCUT2D eigenvalue weighted by Crippen LogP contribution is 2.28. The Kier molecular flexibility index (Phi) is 7.23. The molecule has 4 heteroatoms. The summed E-state index contributed by atoms with van der Waals surface area (Å²) in [4.78, 5) is 14.3. The summed E-state index contributed by atoms with van der Waals surface area (Å²) >= 11 is 0. The lowest BCUT2D eigenvalue weighted by molar-refractivity contribution is -0.137. The maximum absolute atomic E-state index is 12.3. The van der Waals surface area contributed by atoms with Gasteiger partial charge in [-0.3, -0.25) is 4.79 Å². The fourth-order valence-electron chi connectivity index (χ4n) is 2.44. The maximum Gasteiger partial charge on any atom is 0.223 e. The first-order chi connectivity index (χ1) is 7.89. The lowest BCUT2D eigenvalue weighted by atomic mass is 9.84. The Morgan fingerprint density at radius 2 is 2.06 bits per heavy atom. The van der Waals surface area contributed by atoms with Gasteiger partial charge in [0.1, 0.15) is 0 Å². The van der Waals surface area contributed by atoms with E-state index in [1.54, 1.807) is 0 Å². The Morgan fingerprint density at radius 1 is 1.44 bits per heavy atom. The van der Waals surface area contributed by atoms with Crippen molar-refractivity contribution in [2.24, 2.45) is 17.1 Å². The SMILES string of the molecule is CCC(C)(C)CC(=O)N1CCC(C)CC1CN.Cl. The molecule has 1 aliphatic heterocycles. The number of likely N-dealkylation sites (tertiary alicyclic amines) is 1. The van der Waals surface area contributed by atoms with Crippen LogP contribution in [0.3, 0.4) is 0 Å². The second-order valence-electron chi connectivity index (χ2n) is 6.30. The fourth-order valence-corrected chi connectivity index (χ4v) is 2.44. The molecule has 1 saturated heterocycles. The summed E-state index contributed by atoms with van der Waals surface area (Å²) in [6, 6.07) is 0.263. The topological polar surface area (TPSA) is 46.3 Å². The van der Waals surface area contributed by atoms with Gasteiger partial charge in [-0.15, -0.1) is 12.4 Å². The van der Waals surface area contributed by atoms with E-state index in [2.05, 4.69) is 27.7 Å². The van der Waals surface area contributed by atoms with Crippen LogP contribution in [0.2, 0.25) is 0 Å². The molecule has 0 spiro atoms. The van der Waals surface area contributed by atoms with Gasteiger partial charge in [-0.1, -0.05) is 34.1 Å². The molecule has 0 saturated carbocycles. The average Bonchev–Trinajstić information content (AvgIpc) is 2.28. The monoisotopic (exact) mass is 276 g/mol. The van der Waals surface area contributed by atoms with Crippen molar-refractivity contribution in [3.63, 3.8) is 0 Å². The molecule has 0 bridgehead atoms. The summed E-state index contributed by atoms with van der Waals surface area (Å²) in [7, 11) is 0. The minimum atomic E-state index is 0. The number of nitrogens with zero attached hydrogens (tertiary/aromatic N) is 1. The summed E-state index contributed by atoms with van der Waals surface area (Å²) in [5, 5.41) is 0. The molecule has 1 amide bonds. The highest BCUT2D eigenvalue weighted by molar-refractivity contribution is 5.85. The van der Waals surface area contributed by atoms with E-state index >= 15 is 0 Å². The van der Waals surface area contributed by atoms with Crippen molar-refractivity contribution < 1.29 is 4.79 Å². The van der Waals surface area contributed by atoms with Crippen molar-refractivity contribution in [2.45, 2.75) is 59.4 Å². The van der Waals surface area contributed by atoms with Gasteiger partial charge in [-0.25, -0.2) is 0 Å². The lowest BCUT2D eigenvalue weighted by Crippen LogP contribution is -2.50. The molecule has 1 heterocycles. The largest absolute Gasteiger partial charge is 0.338 e. The minimum Gasteiger partial charge on any atom is -0.338 e. The van der Waals surface area contributed by atoms with Crippen molar-refractivity contribution in [3.8, 4) is 0 Å². The highest BCUT2D eigenvalue weighted by atomic mass is 35.5. The van der Waals surface area contributed by atoms with Crippen LogP contribution in [-0.4, -0.2) is 29.9 Å². The fraction of sp³-hybridized carbons (Fsp3) is 0.929. The second kappa shape index (κ2) is 7.34. The lowest BCUT2D eigenvalue weighted by Gasteiger charge is -2.39. The van der Waals surface area contributed by atoms with Crippen LogP contribution >= 0.6 is 12.4 Å². The zero-order valence-electron chi connectivity index (χ0n) is 12.2. The van der Waals surface area contributed by atoms with E-state index in [4.69, 9.17) is 5.73 Å². The number of rotatable bonds is 4. The molecule has 0 radical (unpaired) electrons.